The molecule has 2 aromatic rings. The Bertz CT molecular complexity index is 545. The molecule has 0 aliphatic rings. The second kappa shape index (κ2) is 6.43. The molecule has 1 aromatic heterocycles. The van der Waals surface area contributed by atoms with Gasteiger partial charge in [-0.2, -0.15) is 0 Å². The van der Waals surface area contributed by atoms with Crippen LogP contribution in [0.3, 0.4) is 0 Å². The minimum Gasteiger partial charge on any atom is -0.343 e. The van der Waals surface area contributed by atoms with Crippen LogP contribution in [0.25, 0.3) is 0 Å². The maximum absolute atomic E-state index is 12.7. The number of rotatable bonds is 4. The van der Waals surface area contributed by atoms with E-state index < -0.39 is 5.82 Å². The third-order valence-electron chi connectivity index (χ3n) is 2.62. The van der Waals surface area contributed by atoms with Gasteiger partial charge in [0.2, 0.25) is 0 Å². The van der Waals surface area contributed by atoms with E-state index in [2.05, 4.69) is 26.2 Å². The average molecular weight is 323 g/mol. The molecular weight excluding hydrogens is 311 g/mol. The van der Waals surface area contributed by atoms with Gasteiger partial charge in [-0.05, 0) is 17.7 Å². The van der Waals surface area contributed by atoms with Gasteiger partial charge in [-0.3, -0.25) is 4.79 Å². The zero-order valence-electron chi connectivity index (χ0n) is 10.0. The van der Waals surface area contributed by atoms with Gasteiger partial charge in [0, 0.05) is 5.33 Å². The molecule has 5 heteroatoms. The van der Waals surface area contributed by atoms with Crippen LogP contribution in [0, 0.1) is 5.82 Å². The predicted molar refractivity (Wildman–Crippen MR) is 74.6 cm³/mol. The minimum atomic E-state index is -0.461. The standard InChI is InChI=1S/C14H12BrFN2O/c15-8-13(10-4-2-1-3-5-10)18-14(19)12-7-6-11(16)9-17-12/h1-7,9,13H,8H2,(H,18,19). The molecule has 1 aromatic carbocycles. The van der Waals surface area contributed by atoms with E-state index in [1.807, 2.05) is 30.3 Å². The summed E-state index contributed by atoms with van der Waals surface area (Å²) in [6, 6.07) is 12.0. The first kappa shape index (κ1) is 13.7. The number of aromatic nitrogens is 1. The fraction of sp³-hybridized carbons (Fsp3) is 0.143. The zero-order valence-corrected chi connectivity index (χ0v) is 11.6. The quantitative estimate of drug-likeness (QED) is 0.879. The summed E-state index contributed by atoms with van der Waals surface area (Å²) in [5, 5.41) is 3.44. The van der Waals surface area contributed by atoms with Crippen LogP contribution in [0.4, 0.5) is 4.39 Å². The van der Waals surface area contributed by atoms with Crippen LogP contribution < -0.4 is 5.32 Å². The Kier molecular flexibility index (Phi) is 4.63. The van der Waals surface area contributed by atoms with Gasteiger partial charge in [-0.25, -0.2) is 9.37 Å². The topological polar surface area (TPSA) is 42.0 Å². The van der Waals surface area contributed by atoms with Crippen molar-refractivity contribution >= 4 is 21.8 Å². The second-order valence-corrected chi connectivity index (χ2v) is 4.60. The lowest BCUT2D eigenvalue weighted by atomic mass is 10.1. The number of carbonyl (C=O) groups is 1. The summed E-state index contributed by atoms with van der Waals surface area (Å²) in [6.07, 6.45) is 1.03. The molecule has 1 amide bonds. The first-order valence-corrected chi connectivity index (χ1v) is 6.86. The lowest BCUT2D eigenvalue weighted by Crippen LogP contribution is -2.30. The second-order valence-electron chi connectivity index (χ2n) is 3.95. The Labute approximate surface area is 119 Å². The van der Waals surface area contributed by atoms with Crippen LogP contribution in [0.2, 0.25) is 0 Å². The molecule has 0 radical (unpaired) electrons. The van der Waals surface area contributed by atoms with Gasteiger partial charge in [-0.15, -0.1) is 0 Å². The molecule has 19 heavy (non-hydrogen) atoms. The Morgan fingerprint density at radius 2 is 2.00 bits per heavy atom. The van der Waals surface area contributed by atoms with Gasteiger partial charge in [0.1, 0.15) is 11.5 Å². The Morgan fingerprint density at radius 3 is 2.58 bits per heavy atom. The normalized spacial score (nSPS) is 11.9. The summed E-state index contributed by atoms with van der Waals surface area (Å²) in [5.41, 5.74) is 1.19. The van der Waals surface area contributed by atoms with E-state index in [9.17, 15) is 9.18 Å². The van der Waals surface area contributed by atoms with Crippen LogP contribution in [-0.4, -0.2) is 16.2 Å². The predicted octanol–water partition coefficient (Wildman–Crippen LogP) is 3.09. The highest BCUT2D eigenvalue weighted by molar-refractivity contribution is 9.09. The fourth-order valence-corrected chi connectivity index (χ4v) is 2.17. The van der Waals surface area contributed by atoms with Crippen LogP contribution in [0.1, 0.15) is 22.1 Å². The molecule has 2 rings (SSSR count). The third kappa shape index (κ3) is 3.61. The van der Waals surface area contributed by atoms with Crippen molar-refractivity contribution in [2.75, 3.05) is 5.33 Å². The number of nitrogens with zero attached hydrogens (tertiary/aromatic N) is 1. The van der Waals surface area contributed by atoms with Crippen molar-refractivity contribution in [2.45, 2.75) is 6.04 Å². The van der Waals surface area contributed by atoms with Crippen LogP contribution in [0.5, 0.6) is 0 Å². The number of hydrogen-bond donors (Lipinski definition) is 1. The number of hydrogen-bond acceptors (Lipinski definition) is 2. The van der Waals surface area contributed by atoms with Gasteiger partial charge in [0.05, 0.1) is 12.2 Å². The minimum absolute atomic E-state index is 0.152. The van der Waals surface area contributed by atoms with E-state index in [0.29, 0.717) is 5.33 Å². The molecule has 0 spiro atoms. The molecule has 1 unspecified atom stereocenters. The molecule has 3 nitrogen and oxygen atoms in total. The highest BCUT2D eigenvalue weighted by atomic mass is 79.9. The Hall–Kier alpha value is -1.75. The summed E-state index contributed by atoms with van der Waals surface area (Å²) in [5.74, 6) is -0.787. The van der Waals surface area contributed by atoms with Crippen molar-refractivity contribution in [3.63, 3.8) is 0 Å². The maximum Gasteiger partial charge on any atom is 0.270 e. The van der Waals surface area contributed by atoms with Gasteiger partial charge in [-0.1, -0.05) is 46.3 Å². The molecule has 0 bridgehead atoms. The fourth-order valence-electron chi connectivity index (χ4n) is 1.64. The molecule has 1 N–H and O–H groups in total. The van der Waals surface area contributed by atoms with E-state index in [-0.39, 0.29) is 17.6 Å². The average Bonchev–Trinajstić information content (AvgIpc) is 2.46. The highest BCUT2D eigenvalue weighted by Crippen LogP contribution is 2.15. The number of pyridine rings is 1. The Morgan fingerprint density at radius 1 is 1.26 bits per heavy atom. The van der Waals surface area contributed by atoms with Crippen LogP contribution >= 0.6 is 15.9 Å². The van der Waals surface area contributed by atoms with Crippen molar-refractivity contribution in [3.05, 3.63) is 65.7 Å². The van der Waals surface area contributed by atoms with Crippen molar-refractivity contribution in [1.29, 1.82) is 0 Å². The molecule has 0 aliphatic carbocycles. The lowest BCUT2D eigenvalue weighted by molar-refractivity contribution is 0.0935. The van der Waals surface area contributed by atoms with E-state index >= 15 is 0 Å². The third-order valence-corrected chi connectivity index (χ3v) is 3.27. The number of amides is 1. The SMILES string of the molecule is O=C(NC(CBr)c1ccccc1)c1ccc(F)cn1. The molecule has 1 heterocycles. The maximum atomic E-state index is 12.7. The summed E-state index contributed by atoms with van der Waals surface area (Å²) in [7, 11) is 0. The largest absolute Gasteiger partial charge is 0.343 e. The molecule has 0 saturated heterocycles. The molecular formula is C14H12BrFN2O. The molecule has 0 saturated carbocycles. The number of halogens is 2. The van der Waals surface area contributed by atoms with Crippen molar-refractivity contribution in [2.24, 2.45) is 0 Å². The number of alkyl halides is 1. The highest BCUT2D eigenvalue weighted by Gasteiger charge is 2.15. The zero-order chi connectivity index (χ0) is 13.7. The molecule has 1 atom stereocenters. The summed E-state index contributed by atoms with van der Waals surface area (Å²) < 4.78 is 12.7. The van der Waals surface area contributed by atoms with E-state index in [4.69, 9.17) is 0 Å². The molecule has 98 valence electrons. The first-order chi connectivity index (χ1) is 9.20. The molecule has 0 aliphatic heterocycles. The first-order valence-electron chi connectivity index (χ1n) is 5.74. The van der Waals surface area contributed by atoms with Crippen LogP contribution in [-0.2, 0) is 0 Å². The van der Waals surface area contributed by atoms with E-state index in [1.54, 1.807) is 0 Å². The number of benzene rings is 1. The van der Waals surface area contributed by atoms with Crippen molar-refractivity contribution in [3.8, 4) is 0 Å². The van der Waals surface area contributed by atoms with Crippen LogP contribution in [0.15, 0.2) is 48.7 Å². The van der Waals surface area contributed by atoms with E-state index in [1.165, 1.54) is 12.1 Å². The Balaban J connectivity index is 2.10. The van der Waals surface area contributed by atoms with Gasteiger partial charge in [0.25, 0.3) is 5.91 Å². The molecule has 0 fully saturated rings. The monoisotopic (exact) mass is 322 g/mol. The number of carbonyl (C=O) groups excluding carboxylic acids is 1. The number of nitrogens with one attached hydrogen (secondary N) is 1. The lowest BCUT2D eigenvalue weighted by Gasteiger charge is -2.16. The van der Waals surface area contributed by atoms with Gasteiger partial charge < -0.3 is 5.32 Å². The summed E-state index contributed by atoms with van der Waals surface area (Å²) in [4.78, 5) is 15.7. The summed E-state index contributed by atoms with van der Waals surface area (Å²) >= 11 is 3.37. The van der Waals surface area contributed by atoms with E-state index in [0.717, 1.165) is 11.8 Å². The van der Waals surface area contributed by atoms with Gasteiger partial charge >= 0.3 is 0 Å². The summed E-state index contributed by atoms with van der Waals surface area (Å²) in [6.45, 7) is 0. The van der Waals surface area contributed by atoms with Crippen molar-refractivity contribution < 1.29 is 9.18 Å². The van der Waals surface area contributed by atoms with Crippen molar-refractivity contribution in [1.82, 2.24) is 10.3 Å². The smallest absolute Gasteiger partial charge is 0.270 e. The van der Waals surface area contributed by atoms with Gasteiger partial charge in [0.15, 0.2) is 0 Å².